The zero-order chi connectivity index (χ0) is 23.2. The van der Waals surface area contributed by atoms with Crippen LogP contribution in [0, 0.1) is 25.2 Å². The lowest BCUT2D eigenvalue weighted by molar-refractivity contribution is 0.108. The van der Waals surface area contributed by atoms with Gasteiger partial charge in [-0.1, -0.05) is 0 Å². The van der Waals surface area contributed by atoms with E-state index in [-0.39, 0.29) is 12.0 Å². The molecule has 0 amide bonds. The van der Waals surface area contributed by atoms with Crippen molar-refractivity contribution in [3.63, 3.8) is 0 Å². The van der Waals surface area contributed by atoms with Crippen molar-refractivity contribution in [1.29, 1.82) is 5.26 Å². The molecule has 1 atom stereocenters. The monoisotopic (exact) mass is 432 g/mol. The highest BCUT2D eigenvalue weighted by Gasteiger charge is 2.36. The first-order chi connectivity index (χ1) is 15.3. The van der Waals surface area contributed by atoms with Crippen LogP contribution in [0.4, 0.5) is 5.69 Å². The quantitative estimate of drug-likeness (QED) is 0.624. The number of likely N-dealkylation sites (tertiary alicyclic amines) is 1. The molecule has 4 rings (SSSR count). The van der Waals surface area contributed by atoms with Gasteiger partial charge < -0.3 is 10.5 Å². The van der Waals surface area contributed by atoms with Gasteiger partial charge in [0.05, 0.1) is 53.6 Å². The van der Waals surface area contributed by atoms with Gasteiger partial charge in [0.25, 0.3) is 0 Å². The number of aromatic nitrogens is 3. The summed E-state index contributed by atoms with van der Waals surface area (Å²) in [4.78, 5) is 6.72. The van der Waals surface area contributed by atoms with E-state index in [1.807, 2.05) is 31.6 Å². The Kier molecular flexibility index (Phi) is 5.83. The fraction of sp³-hybridized carbons (Fsp3) is 0.480. The van der Waals surface area contributed by atoms with Gasteiger partial charge in [-0.3, -0.25) is 14.6 Å². The molecule has 2 N–H and O–H groups in total. The smallest absolute Gasteiger partial charge is 0.129 e. The molecule has 0 radical (unpaired) electrons. The summed E-state index contributed by atoms with van der Waals surface area (Å²) in [7, 11) is 0. The van der Waals surface area contributed by atoms with Crippen molar-refractivity contribution in [2.75, 3.05) is 25.4 Å². The van der Waals surface area contributed by atoms with Crippen LogP contribution in [0.15, 0.2) is 18.5 Å². The zero-order valence-electron chi connectivity index (χ0n) is 19.8. The van der Waals surface area contributed by atoms with Crippen LogP contribution in [-0.4, -0.2) is 45.4 Å². The number of aryl methyl sites for hydroxylation is 2. The summed E-state index contributed by atoms with van der Waals surface area (Å²) < 4.78 is 8.23. The molecule has 1 saturated heterocycles. The lowest BCUT2D eigenvalue weighted by atomic mass is 9.82. The predicted molar refractivity (Wildman–Crippen MR) is 127 cm³/mol. The third-order valence-electron chi connectivity index (χ3n) is 6.63. The van der Waals surface area contributed by atoms with Gasteiger partial charge in [0, 0.05) is 41.6 Å². The van der Waals surface area contributed by atoms with Gasteiger partial charge in [-0.2, -0.15) is 10.4 Å². The number of fused-ring (bicyclic) bond motifs is 1. The highest BCUT2D eigenvalue weighted by Crippen LogP contribution is 2.43. The van der Waals surface area contributed by atoms with Gasteiger partial charge in [0.15, 0.2) is 0 Å². The molecule has 1 aliphatic rings. The van der Waals surface area contributed by atoms with Gasteiger partial charge >= 0.3 is 0 Å². The molecule has 1 aliphatic heterocycles. The number of nitriles is 1. The van der Waals surface area contributed by atoms with Crippen molar-refractivity contribution in [3.05, 3.63) is 46.4 Å². The van der Waals surface area contributed by atoms with Crippen molar-refractivity contribution in [2.24, 2.45) is 0 Å². The van der Waals surface area contributed by atoms with Gasteiger partial charge in [0.2, 0.25) is 0 Å². The number of ether oxygens (including phenoxy) is 1. The minimum atomic E-state index is -0.108. The standard InChI is InChI=1S/C25H32N6O/c1-7-32-25-19(17(6)31-22-11-28-10-21(27)23(22)16(5)29-31)8-15(4)20(9-26)24(25)18-12-30(13-18)14(2)3/h8,10-11,14,17-18H,7,12-13,27H2,1-6H3. The van der Waals surface area contributed by atoms with Crippen molar-refractivity contribution < 1.29 is 4.74 Å². The van der Waals surface area contributed by atoms with Crippen LogP contribution in [0.3, 0.4) is 0 Å². The van der Waals surface area contributed by atoms with E-state index in [9.17, 15) is 5.26 Å². The lowest BCUT2D eigenvalue weighted by Gasteiger charge is -2.43. The van der Waals surface area contributed by atoms with Gasteiger partial charge in [0.1, 0.15) is 5.75 Å². The third-order valence-corrected chi connectivity index (χ3v) is 6.63. The summed E-state index contributed by atoms with van der Waals surface area (Å²) in [5.74, 6) is 1.11. The highest BCUT2D eigenvalue weighted by atomic mass is 16.5. The molecule has 1 aromatic carbocycles. The third kappa shape index (κ3) is 3.49. The average Bonchev–Trinajstić information content (AvgIpc) is 3.05. The van der Waals surface area contributed by atoms with Crippen LogP contribution >= 0.6 is 0 Å². The van der Waals surface area contributed by atoms with Crippen molar-refractivity contribution in [1.82, 2.24) is 19.7 Å². The SMILES string of the molecule is CCOc1c(C(C)n2nc(C)c3c(N)cncc32)cc(C)c(C#N)c1C1CN(C(C)C)C1. The van der Waals surface area contributed by atoms with E-state index in [2.05, 4.69) is 42.8 Å². The minimum Gasteiger partial charge on any atom is -0.493 e. The molecule has 0 saturated carbocycles. The van der Waals surface area contributed by atoms with E-state index in [4.69, 9.17) is 15.6 Å². The number of nitrogen functional groups attached to an aromatic ring is 1. The normalized spacial score (nSPS) is 15.7. The Bertz CT molecular complexity index is 1200. The van der Waals surface area contributed by atoms with Gasteiger partial charge in [-0.25, -0.2) is 0 Å². The van der Waals surface area contributed by atoms with Crippen LogP contribution < -0.4 is 10.5 Å². The first kappa shape index (κ1) is 22.1. The van der Waals surface area contributed by atoms with Crippen LogP contribution in [0.2, 0.25) is 0 Å². The zero-order valence-corrected chi connectivity index (χ0v) is 19.8. The van der Waals surface area contributed by atoms with Crippen molar-refractivity contribution in [2.45, 2.75) is 59.5 Å². The Morgan fingerprint density at radius 2 is 1.97 bits per heavy atom. The van der Waals surface area contributed by atoms with Crippen LogP contribution in [-0.2, 0) is 0 Å². The number of benzene rings is 1. The molecule has 3 heterocycles. The summed E-state index contributed by atoms with van der Waals surface area (Å²) >= 11 is 0. The van der Waals surface area contributed by atoms with Gasteiger partial charge in [-0.15, -0.1) is 0 Å². The van der Waals surface area contributed by atoms with Gasteiger partial charge in [-0.05, 0) is 53.2 Å². The van der Waals surface area contributed by atoms with Crippen molar-refractivity contribution >= 4 is 16.6 Å². The molecule has 1 fully saturated rings. The Balaban J connectivity index is 1.88. The number of hydrogen-bond donors (Lipinski definition) is 1. The van der Waals surface area contributed by atoms with E-state index in [1.54, 1.807) is 6.20 Å². The maximum absolute atomic E-state index is 10.00. The summed E-state index contributed by atoms with van der Waals surface area (Å²) in [6.45, 7) is 14.9. The molecular weight excluding hydrogens is 400 g/mol. The number of nitrogens with two attached hydrogens (primary N) is 1. The molecule has 168 valence electrons. The summed E-state index contributed by atoms with van der Waals surface area (Å²) in [6, 6.07) is 4.92. The first-order valence-corrected chi connectivity index (χ1v) is 11.3. The van der Waals surface area contributed by atoms with Crippen LogP contribution in [0.5, 0.6) is 5.75 Å². The fourth-order valence-electron chi connectivity index (χ4n) is 4.85. The lowest BCUT2D eigenvalue weighted by Crippen LogP contribution is -2.49. The number of pyridine rings is 1. The second kappa shape index (κ2) is 8.44. The topological polar surface area (TPSA) is 93.0 Å². The Labute approximate surface area is 189 Å². The maximum atomic E-state index is 10.00. The molecular formula is C25H32N6O. The molecule has 7 nitrogen and oxygen atoms in total. The van der Waals surface area contributed by atoms with E-state index in [0.29, 0.717) is 18.3 Å². The second-order valence-corrected chi connectivity index (χ2v) is 9.02. The molecule has 0 spiro atoms. The molecule has 2 aromatic heterocycles. The van der Waals surface area contributed by atoms with E-state index >= 15 is 0 Å². The summed E-state index contributed by atoms with van der Waals surface area (Å²) in [5, 5.41) is 15.7. The van der Waals surface area contributed by atoms with Crippen LogP contribution in [0.25, 0.3) is 10.9 Å². The number of nitrogens with zero attached hydrogens (tertiary/aromatic N) is 5. The molecule has 1 unspecified atom stereocenters. The molecule has 0 bridgehead atoms. The summed E-state index contributed by atoms with van der Waals surface area (Å²) in [5.41, 5.74) is 12.4. The van der Waals surface area contributed by atoms with E-state index in [1.165, 1.54) is 0 Å². The molecule has 7 heteroatoms. The Morgan fingerprint density at radius 3 is 2.59 bits per heavy atom. The van der Waals surface area contributed by atoms with Crippen molar-refractivity contribution in [3.8, 4) is 11.8 Å². The summed E-state index contributed by atoms with van der Waals surface area (Å²) in [6.07, 6.45) is 3.48. The maximum Gasteiger partial charge on any atom is 0.129 e. The Morgan fingerprint density at radius 1 is 1.25 bits per heavy atom. The number of anilines is 1. The molecule has 0 aliphatic carbocycles. The number of rotatable bonds is 6. The fourth-order valence-corrected chi connectivity index (χ4v) is 4.85. The van der Waals surface area contributed by atoms with E-state index < -0.39 is 0 Å². The predicted octanol–water partition coefficient (Wildman–Crippen LogP) is 4.32. The minimum absolute atomic E-state index is 0.108. The number of hydrogen-bond acceptors (Lipinski definition) is 6. The Hall–Kier alpha value is -3.11. The first-order valence-electron chi connectivity index (χ1n) is 11.3. The van der Waals surface area contributed by atoms with Crippen LogP contribution in [0.1, 0.15) is 67.6 Å². The average molecular weight is 433 g/mol. The van der Waals surface area contributed by atoms with E-state index in [0.717, 1.165) is 57.7 Å². The molecule has 32 heavy (non-hydrogen) atoms. The molecule has 3 aromatic rings. The second-order valence-electron chi connectivity index (χ2n) is 9.02. The highest BCUT2D eigenvalue weighted by molar-refractivity contribution is 5.92. The largest absolute Gasteiger partial charge is 0.493 e.